The molecule has 4 rings (SSSR count). The Balaban J connectivity index is 1.19. The summed E-state index contributed by atoms with van der Waals surface area (Å²) in [6.07, 6.45) is 3.40. The van der Waals surface area contributed by atoms with Crippen LogP contribution in [0.1, 0.15) is 37.7 Å². The van der Waals surface area contributed by atoms with E-state index in [4.69, 9.17) is 9.47 Å². The molecule has 1 aromatic carbocycles. The number of hydrogen-bond acceptors (Lipinski definition) is 4. The van der Waals surface area contributed by atoms with Gasteiger partial charge in [0.2, 0.25) is 0 Å². The number of alkyl halides is 2. The number of ether oxygens (including phenoxy) is 2. The molecule has 0 aliphatic carbocycles. The fourth-order valence-electron chi connectivity index (χ4n) is 4.68. The van der Waals surface area contributed by atoms with Gasteiger partial charge in [0.05, 0.1) is 18.8 Å². The molecular formula is C21H30F2N2O2. The van der Waals surface area contributed by atoms with E-state index in [1.54, 1.807) is 7.11 Å². The first-order valence-corrected chi connectivity index (χ1v) is 10.1. The minimum Gasteiger partial charge on any atom is -0.497 e. The highest BCUT2D eigenvalue weighted by Crippen LogP contribution is 2.42. The van der Waals surface area contributed by atoms with Gasteiger partial charge in [-0.3, -0.25) is 4.90 Å². The summed E-state index contributed by atoms with van der Waals surface area (Å²) in [5.41, 5.74) is 1.31. The highest BCUT2D eigenvalue weighted by Gasteiger charge is 2.48. The van der Waals surface area contributed by atoms with Crippen LogP contribution in [-0.2, 0) is 11.3 Å². The minimum atomic E-state index is -2.46. The number of methoxy groups -OCH3 is 1. The highest BCUT2D eigenvalue weighted by atomic mass is 19.3. The lowest BCUT2D eigenvalue weighted by Gasteiger charge is -2.53. The number of benzene rings is 1. The molecule has 1 spiro atoms. The second kappa shape index (κ2) is 7.64. The predicted molar refractivity (Wildman–Crippen MR) is 100 cm³/mol. The molecule has 3 aliphatic rings. The number of rotatable bonds is 5. The van der Waals surface area contributed by atoms with E-state index >= 15 is 0 Å². The summed E-state index contributed by atoms with van der Waals surface area (Å²) in [5.74, 6) is -1.56. The molecule has 0 bridgehead atoms. The molecule has 4 nitrogen and oxygen atoms in total. The zero-order valence-electron chi connectivity index (χ0n) is 16.1. The molecule has 6 heteroatoms. The third-order valence-corrected chi connectivity index (χ3v) is 6.37. The molecule has 3 heterocycles. The maximum atomic E-state index is 13.3. The number of likely N-dealkylation sites (tertiary alicyclic amines) is 2. The minimum absolute atomic E-state index is 0.00983. The number of nitrogens with zero attached hydrogens (tertiary/aromatic N) is 2. The molecule has 3 saturated heterocycles. The van der Waals surface area contributed by atoms with Crippen LogP contribution in [0.3, 0.4) is 0 Å². The average Bonchev–Trinajstić information content (AvgIpc) is 2.64. The van der Waals surface area contributed by atoms with Gasteiger partial charge in [-0.05, 0) is 30.5 Å². The summed E-state index contributed by atoms with van der Waals surface area (Å²) < 4.78 is 38.1. The summed E-state index contributed by atoms with van der Waals surface area (Å²) in [7, 11) is 1.70. The summed E-state index contributed by atoms with van der Waals surface area (Å²) in [6, 6.07) is 8.25. The van der Waals surface area contributed by atoms with E-state index in [1.807, 2.05) is 12.1 Å². The third-order valence-electron chi connectivity index (χ3n) is 6.37. The molecule has 1 atom stereocenters. The Morgan fingerprint density at radius 2 is 1.74 bits per heavy atom. The van der Waals surface area contributed by atoms with Crippen LogP contribution >= 0.6 is 0 Å². The van der Waals surface area contributed by atoms with Gasteiger partial charge in [0, 0.05) is 58.5 Å². The largest absolute Gasteiger partial charge is 0.497 e. The predicted octanol–water partition coefficient (Wildman–Crippen LogP) is 3.55. The quantitative estimate of drug-likeness (QED) is 0.780. The first kappa shape index (κ1) is 19.1. The Kier molecular flexibility index (Phi) is 5.41. The smallest absolute Gasteiger partial charge is 0.250 e. The molecule has 3 aliphatic heterocycles. The molecule has 3 fully saturated rings. The molecule has 0 amide bonds. The summed E-state index contributed by atoms with van der Waals surface area (Å²) in [6.45, 7) is 4.83. The van der Waals surface area contributed by atoms with E-state index in [-0.39, 0.29) is 24.5 Å². The van der Waals surface area contributed by atoms with Gasteiger partial charge < -0.3 is 14.4 Å². The van der Waals surface area contributed by atoms with Gasteiger partial charge in [-0.1, -0.05) is 12.1 Å². The number of piperidine rings is 2. The van der Waals surface area contributed by atoms with Crippen molar-refractivity contribution in [3.63, 3.8) is 0 Å². The first-order chi connectivity index (χ1) is 13.0. The van der Waals surface area contributed by atoms with Crippen molar-refractivity contribution in [1.29, 1.82) is 0 Å². The van der Waals surface area contributed by atoms with Crippen LogP contribution in [0.5, 0.6) is 5.75 Å². The lowest BCUT2D eigenvalue weighted by atomic mass is 9.80. The molecular weight excluding hydrogens is 350 g/mol. The van der Waals surface area contributed by atoms with Crippen molar-refractivity contribution in [2.75, 3.05) is 39.8 Å². The van der Waals surface area contributed by atoms with E-state index in [2.05, 4.69) is 21.9 Å². The summed E-state index contributed by atoms with van der Waals surface area (Å²) in [4.78, 5) is 4.62. The van der Waals surface area contributed by atoms with Crippen molar-refractivity contribution in [1.82, 2.24) is 9.80 Å². The highest BCUT2D eigenvalue weighted by molar-refractivity contribution is 5.28. The lowest BCUT2D eigenvalue weighted by molar-refractivity contribution is -0.232. The van der Waals surface area contributed by atoms with Crippen molar-refractivity contribution < 1.29 is 18.3 Å². The van der Waals surface area contributed by atoms with E-state index in [9.17, 15) is 8.78 Å². The zero-order chi connectivity index (χ0) is 18.9. The Morgan fingerprint density at radius 1 is 1.07 bits per heavy atom. The molecule has 0 N–H and O–H groups in total. The van der Waals surface area contributed by atoms with Crippen LogP contribution in [0.15, 0.2) is 24.3 Å². The molecule has 150 valence electrons. The van der Waals surface area contributed by atoms with Crippen LogP contribution < -0.4 is 4.74 Å². The van der Waals surface area contributed by atoms with Gasteiger partial charge in [-0.25, -0.2) is 8.78 Å². The molecule has 0 radical (unpaired) electrons. The van der Waals surface area contributed by atoms with E-state index in [0.29, 0.717) is 13.1 Å². The fraction of sp³-hybridized carbons (Fsp3) is 0.714. The van der Waals surface area contributed by atoms with Crippen LogP contribution in [0.25, 0.3) is 0 Å². The average molecular weight is 380 g/mol. The Hall–Kier alpha value is -1.24. The Bertz CT molecular complexity index is 629. The molecule has 0 saturated carbocycles. The standard InChI is InChI=1S/C21H30F2N2O2/c1-26-18-4-2-3-17(13-18)15-24-9-5-20(6-10-24)14-19(27-20)16-25-11-7-21(22,23)8-12-25/h2-4,13,19H,5-12,14-16H2,1H3. The molecule has 27 heavy (non-hydrogen) atoms. The van der Waals surface area contributed by atoms with Crippen LogP contribution in [0.2, 0.25) is 0 Å². The van der Waals surface area contributed by atoms with Gasteiger partial charge in [0.25, 0.3) is 5.92 Å². The molecule has 0 aromatic heterocycles. The molecule has 1 unspecified atom stereocenters. The van der Waals surface area contributed by atoms with Gasteiger partial charge in [-0.2, -0.15) is 0 Å². The fourth-order valence-corrected chi connectivity index (χ4v) is 4.68. The van der Waals surface area contributed by atoms with Crippen LogP contribution in [-0.4, -0.2) is 67.3 Å². The third kappa shape index (κ3) is 4.61. The summed E-state index contributed by atoms with van der Waals surface area (Å²) in [5, 5.41) is 0. The van der Waals surface area contributed by atoms with Gasteiger partial charge in [-0.15, -0.1) is 0 Å². The second-order valence-electron chi connectivity index (χ2n) is 8.41. The zero-order valence-corrected chi connectivity index (χ0v) is 16.1. The van der Waals surface area contributed by atoms with Gasteiger partial charge in [0.15, 0.2) is 0 Å². The van der Waals surface area contributed by atoms with Crippen molar-refractivity contribution in [2.24, 2.45) is 0 Å². The SMILES string of the molecule is COc1cccc(CN2CCC3(CC2)CC(CN2CCC(F)(F)CC2)O3)c1. The van der Waals surface area contributed by atoms with Crippen molar-refractivity contribution in [2.45, 2.75) is 56.3 Å². The van der Waals surface area contributed by atoms with Crippen LogP contribution in [0.4, 0.5) is 8.78 Å². The Morgan fingerprint density at radius 3 is 2.41 bits per heavy atom. The topological polar surface area (TPSA) is 24.9 Å². The lowest BCUT2D eigenvalue weighted by Crippen LogP contribution is -2.59. The first-order valence-electron chi connectivity index (χ1n) is 10.1. The van der Waals surface area contributed by atoms with Crippen LogP contribution in [0, 0.1) is 0 Å². The van der Waals surface area contributed by atoms with Gasteiger partial charge in [0.1, 0.15) is 5.75 Å². The van der Waals surface area contributed by atoms with E-state index in [0.717, 1.165) is 51.2 Å². The second-order valence-corrected chi connectivity index (χ2v) is 8.41. The van der Waals surface area contributed by atoms with Gasteiger partial charge >= 0.3 is 0 Å². The van der Waals surface area contributed by atoms with E-state index < -0.39 is 5.92 Å². The number of hydrogen-bond donors (Lipinski definition) is 0. The van der Waals surface area contributed by atoms with Crippen molar-refractivity contribution in [3.8, 4) is 5.75 Å². The van der Waals surface area contributed by atoms with E-state index in [1.165, 1.54) is 5.56 Å². The summed E-state index contributed by atoms with van der Waals surface area (Å²) >= 11 is 0. The maximum Gasteiger partial charge on any atom is 0.250 e. The maximum absolute atomic E-state index is 13.3. The van der Waals surface area contributed by atoms with Crippen molar-refractivity contribution in [3.05, 3.63) is 29.8 Å². The number of halogens is 2. The molecule has 1 aromatic rings. The monoisotopic (exact) mass is 380 g/mol. The van der Waals surface area contributed by atoms with Crippen molar-refractivity contribution >= 4 is 0 Å². The Labute approximate surface area is 160 Å². The normalized spacial score (nSPS) is 28.0.